The van der Waals surface area contributed by atoms with E-state index in [-0.39, 0.29) is 11.4 Å². The lowest BCUT2D eigenvalue weighted by molar-refractivity contribution is -0.0560. The molecule has 0 saturated heterocycles. The Kier molecular flexibility index (Phi) is 9.84. The van der Waals surface area contributed by atoms with Gasteiger partial charge in [0.1, 0.15) is 0 Å². The standard InChI is InChI=1S/C27H31NO2S/c1-3-25(31-27-16-10-11-17-28-27)18-22(2)26(30-20-24-14-8-5-9-15-24)21-29-19-23-12-6-4-7-13-23/h3-17,22,25-26H,1,18-21H2,2H3/t22-,25?,26+/m1/s1. The van der Waals surface area contributed by atoms with Gasteiger partial charge in [-0.25, -0.2) is 4.98 Å². The van der Waals surface area contributed by atoms with Crippen molar-refractivity contribution in [2.75, 3.05) is 6.61 Å². The zero-order chi connectivity index (χ0) is 21.7. The van der Waals surface area contributed by atoms with Gasteiger partial charge in [-0.05, 0) is 35.6 Å². The summed E-state index contributed by atoms with van der Waals surface area (Å²) >= 11 is 1.74. The van der Waals surface area contributed by atoms with Gasteiger partial charge >= 0.3 is 0 Å². The van der Waals surface area contributed by atoms with Crippen LogP contribution in [0.5, 0.6) is 0 Å². The number of pyridine rings is 1. The van der Waals surface area contributed by atoms with Gasteiger partial charge < -0.3 is 9.47 Å². The molecule has 0 saturated carbocycles. The lowest BCUT2D eigenvalue weighted by Crippen LogP contribution is -2.29. The van der Waals surface area contributed by atoms with E-state index in [1.165, 1.54) is 11.1 Å². The first kappa shape index (κ1) is 23.3. The number of hydrogen-bond acceptors (Lipinski definition) is 4. The highest BCUT2D eigenvalue weighted by Gasteiger charge is 2.22. The Bertz CT molecular complexity index is 874. The maximum Gasteiger partial charge on any atom is 0.0965 e. The first-order valence-corrected chi connectivity index (χ1v) is 11.6. The van der Waals surface area contributed by atoms with Crippen molar-refractivity contribution in [3.05, 3.63) is 109 Å². The van der Waals surface area contributed by atoms with Crippen molar-refractivity contribution in [3.63, 3.8) is 0 Å². The van der Waals surface area contributed by atoms with Crippen molar-refractivity contribution in [2.45, 2.75) is 42.9 Å². The third-order valence-corrected chi connectivity index (χ3v) is 6.28. The van der Waals surface area contributed by atoms with E-state index >= 15 is 0 Å². The van der Waals surface area contributed by atoms with Gasteiger partial charge in [0.15, 0.2) is 0 Å². The number of ether oxygens (including phenoxy) is 2. The van der Waals surface area contributed by atoms with E-state index < -0.39 is 0 Å². The van der Waals surface area contributed by atoms with Crippen LogP contribution in [0.1, 0.15) is 24.5 Å². The fraction of sp³-hybridized carbons (Fsp3) is 0.296. The Labute approximate surface area is 190 Å². The van der Waals surface area contributed by atoms with Crippen molar-refractivity contribution >= 4 is 11.8 Å². The van der Waals surface area contributed by atoms with E-state index in [1.807, 2.05) is 66.9 Å². The molecule has 0 aliphatic rings. The smallest absolute Gasteiger partial charge is 0.0965 e. The van der Waals surface area contributed by atoms with Gasteiger partial charge in [0.05, 0.1) is 31.0 Å². The molecule has 3 atom stereocenters. The van der Waals surface area contributed by atoms with E-state index in [0.717, 1.165) is 11.4 Å². The fourth-order valence-corrected chi connectivity index (χ4v) is 4.39. The van der Waals surface area contributed by atoms with Crippen molar-refractivity contribution in [2.24, 2.45) is 5.92 Å². The fourth-order valence-electron chi connectivity index (χ4n) is 3.30. The Morgan fingerprint density at radius 1 is 0.903 bits per heavy atom. The second-order valence-corrected chi connectivity index (χ2v) is 8.87. The molecule has 4 heteroatoms. The van der Waals surface area contributed by atoms with Crippen molar-refractivity contribution in [1.29, 1.82) is 0 Å². The molecule has 3 aromatic rings. The quantitative estimate of drug-likeness (QED) is 0.226. The zero-order valence-corrected chi connectivity index (χ0v) is 18.9. The summed E-state index contributed by atoms with van der Waals surface area (Å²) < 4.78 is 12.4. The van der Waals surface area contributed by atoms with Crippen LogP contribution in [0.2, 0.25) is 0 Å². The minimum absolute atomic E-state index is 0.00398. The monoisotopic (exact) mass is 433 g/mol. The van der Waals surface area contributed by atoms with Gasteiger partial charge in [-0.2, -0.15) is 0 Å². The van der Waals surface area contributed by atoms with E-state index in [2.05, 4.69) is 42.8 Å². The predicted molar refractivity (Wildman–Crippen MR) is 129 cm³/mol. The first-order chi connectivity index (χ1) is 15.2. The number of hydrogen-bond donors (Lipinski definition) is 0. The van der Waals surface area contributed by atoms with Crippen LogP contribution in [-0.2, 0) is 22.7 Å². The summed E-state index contributed by atoms with van der Waals surface area (Å²) in [6.07, 6.45) is 4.78. The highest BCUT2D eigenvalue weighted by Crippen LogP contribution is 2.29. The van der Waals surface area contributed by atoms with Gasteiger partial charge in [-0.15, -0.1) is 6.58 Å². The largest absolute Gasteiger partial charge is 0.374 e. The van der Waals surface area contributed by atoms with E-state index in [9.17, 15) is 0 Å². The molecule has 0 N–H and O–H groups in total. The Balaban J connectivity index is 1.59. The van der Waals surface area contributed by atoms with Gasteiger partial charge in [-0.3, -0.25) is 0 Å². The van der Waals surface area contributed by atoms with Crippen LogP contribution in [0, 0.1) is 5.92 Å². The lowest BCUT2D eigenvalue weighted by Gasteiger charge is -2.27. The molecule has 0 aliphatic heterocycles. The zero-order valence-electron chi connectivity index (χ0n) is 18.1. The molecule has 1 heterocycles. The topological polar surface area (TPSA) is 31.4 Å². The Morgan fingerprint density at radius 2 is 1.55 bits per heavy atom. The van der Waals surface area contributed by atoms with E-state index in [4.69, 9.17) is 9.47 Å². The maximum atomic E-state index is 6.34. The second-order valence-electron chi connectivity index (χ2n) is 7.61. The van der Waals surface area contributed by atoms with Crippen LogP contribution in [0.25, 0.3) is 0 Å². The summed E-state index contributed by atoms with van der Waals surface area (Å²) in [4.78, 5) is 4.44. The summed E-state index contributed by atoms with van der Waals surface area (Å²) in [6.45, 7) is 8.00. The minimum atomic E-state index is -0.00398. The van der Waals surface area contributed by atoms with E-state index in [1.54, 1.807) is 11.8 Å². The van der Waals surface area contributed by atoms with Gasteiger partial charge in [-0.1, -0.05) is 91.5 Å². The van der Waals surface area contributed by atoms with Crippen LogP contribution in [0.15, 0.2) is 103 Å². The average molecular weight is 434 g/mol. The van der Waals surface area contributed by atoms with Crippen LogP contribution < -0.4 is 0 Å². The molecule has 0 radical (unpaired) electrons. The molecular formula is C27H31NO2S. The second kappa shape index (κ2) is 13.1. The van der Waals surface area contributed by atoms with Gasteiger partial charge in [0.25, 0.3) is 0 Å². The maximum absolute atomic E-state index is 6.34. The minimum Gasteiger partial charge on any atom is -0.374 e. The first-order valence-electron chi connectivity index (χ1n) is 10.7. The highest BCUT2D eigenvalue weighted by atomic mass is 32.2. The molecule has 31 heavy (non-hydrogen) atoms. The average Bonchev–Trinajstić information content (AvgIpc) is 2.82. The number of rotatable bonds is 13. The van der Waals surface area contributed by atoms with Crippen LogP contribution in [0.3, 0.4) is 0 Å². The molecule has 0 bridgehead atoms. The number of thioether (sulfide) groups is 1. The summed E-state index contributed by atoms with van der Waals surface area (Å²) in [5.74, 6) is 0.304. The predicted octanol–water partition coefficient (Wildman–Crippen LogP) is 6.56. The molecule has 2 aromatic carbocycles. The molecule has 1 unspecified atom stereocenters. The molecular weight excluding hydrogens is 402 g/mol. The molecule has 0 fully saturated rings. The van der Waals surface area contributed by atoms with Crippen molar-refractivity contribution in [3.8, 4) is 0 Å². The van der Waals surface area contributed by atoms with Gasteiger partial charge in [0.2, 0.25) is 0 Å². The summed E-state index contributed by atoms with van der Waals surface area (Å²) in [6, 6.07) is 26.5. The third kappa shape index (κ3) is 8.33. The number of nitrogens with zero attached hydrogens (tertiary/aromatic N) is 1. The molecule has 1 aromatic heterocycles. The summed E-state index contributed by atoms with van der Waals surface area (Å²) in [5, 5.41) is 1.28. The Morgan fingerprint density at radius 3 is 2.16 bits per heavy atom. The van der Waals surface area contributed by atoms with E-state index in [0.29, 0.717) is 25.7 Å². The van der Waals surface area contributed by atoms with Crippen LogP contribution >= 0.6 is 11.8 Å². The van der Waals surface area contributed by atoms with Crippen LogP contribution in [0.4, 0.5) is 0 Å². The summed E-state index contributed by atoms with van der Waals surface area (Å²) in [5.41, 5.74) is 2.34. The summed E-state index contributed by atoms with van der Waals surface area (Å²) in [7, 11) is 0. The van der Waals surface area contributed by atoms with Gasteiger partial charge in [0, 0.05) is 11.4 Å². The van der Waals surface area contributed by atoms with Crippen LogP contribution in [-0.4, -0.2) is 22.9 Å². The normalized spacial score (nSPS) is 14.0. The lowest BCUT2D eigenvalue weighted by atomic mass is 9.99. The molecule has 162 valence electrons. The molecule has 0 amide bonds. The Hall–Kier alpha value is -2.40. The highest BCUT2D eigenvalue weighted by molar-refractivity contribution is 8.00. The molecule has 0 spiro atoms. The molecule has 0 aliphatic carbocycles. The SMILES string of the molecule is C=CC(C[C@@H](C)[C@H](COCc1ccccc1)OCc1ccccc1)Sc1ccccn1. The number of benzene rings is 2. The van der Waals surface area contributed by atoms with Crippen molar-refractivity contribution < 1.29 is 9.47 Å². The van der Waals surface area contributed by atoms with Crippen molar-refractivity contribution in [1.82, 2.24) is 4.98 Å². The molecule has 3 nitrogen and oxygen atoms in total. The molecule has 3 rings (SSSR count). The third-order valence-electron chi connectivity index (χ3n) is 5.11. The number of aromatic nitrogens is 1.